The smallest absolute Gasteiger partial charge is 0.0127 e. The van der Waals surface area contributed by atoms with E-state index < -0.39 is 0 Å². The average Bonchev–Trinajstić information content (AvgIpc) is 2.75. The summed E-state index contributed by atoms with van der Waals surface area (Å²) in [5.41, 5.74) is 0. The van der Waals surface area contributed by atoms with Gasteiger partial charge in [-0.2, -0.15) is 0 Å². The maximum absolute atomic E-state index is 2.37. The Kier molecular flexibility index (Phi) is 28.4. The van der Waals surface area contributed by atoms with Crippen molar-refractivity contribution >= 4 is 21.8 Å². The molecule has 0 aliphatic rings. The molecule has 2 radical (unpaired) electrons. The Hall–Kier alpha value is 0.700. The SMILES string of the molecule is CCCCC(CC)C[S](CCC)CCC.CCCCC(CC)C[S](CCC)CCC. The molecule has 2 heteroatoms. The molecule has 0 N–H and O–H groups in total. The van der Waals surface area contributed by atoms with Crippen LogP contribution >= 0.6 is 21.8 Å². The maximum atomic E-state index is 2.37. The van der Waals surface area contributed by atoms with E-state index in [0.29, 0.717) is 0 Å². The molecule has 0 rings (SSSR count). The molecular formula is C28H62S2. The van der Waals surface area contributed by atoms with Gasteiger partial charge in [-0.25, -0.2) is 21.8 Å². The van der Waals surface area contributed by atoms with E-state index in [-0.39, 0.29) is 0 Å². The molecule has 0 aliphatic carbocycles. The summed E-state index contributed by atoms with van der Waals surface area (Å²) in [7, 11) is 1.48. The second-order valence-corrected chi connectivity index (χ2v) is 14.0. The van der Waals surface area contributed by atoms with E-state index in [9.17, 15) is 0 Å². The molecule has 0 aromatic heterocycles. The lowest BCUT2D eigenvalue weighted by Gasteiger charge is -2.24. The molecule has 0 saturated carbocycles. The molecule has 0 saturated heterocycles. The third kappa shape index (κ3) is 20.6. The van der Waals surface area contributed by atoms with Gasteiger partial charge in [0.15, 0.2) is 0 Å². The predicted molar refractivity (Wildman–Crippen MR) is 152 cm³/mol. The van der Waals surface area contributed by atoms with Crippen LogP contribution in [-0.4, -0.2) is 34.5 Å². The molecule has 2 atom stereocenters. The normalized spacial score (nSPS) is 13.4. The highest BCUT2D eigenvalue weighted by Crippen LogP contribution is 2.33. The van der Waals surface area contributed by atoms with Gasteiger partial charge in [-0.1, -0.05) is 93.9 Å². The molecule has 30 heavy (non-hydrogen) atoms. The molecule has 0 aromatic carbocycles. The minimum Gasteiger partial charge on any atom is -0.209 e. The van der Waals surface area contributed by atoms with E-state index in [2.05, 4.69) is 55.4 Å². The molecule has 0 spiro atoms. The highest BCUT2D eigenvalue weighted by atomic mass is 32.2. The molecule has 0 amide bonds. The van der Waals surface area contributed by atoms with Crippen LogP contribution in [0.2, 0.25) is 0 Å². The average molecular weight is 463 g/mol. The Morgan fingerprint density at radius 1 is 0.433 bits per heavy atom. The van der Waals surface area contributed by atoms with Gasteiger partial charge in [0.1, 0.15) is 0 Å². The minimum atomic E-state index is 0.742. The fourth-order valence-electron chi connectivity index (χ4n) is 4.16. The van der Waals surface area contributed by atoms with Gasteiger partial charge in [-0.15, -0.1) is 0 Å². The Labute approximate surface area is 200 Å². The van der Waals surface area contributed by atoms with Gasteiger partial charge in [0, 0.05) is 0 Å². The standard InChI is InChI=1S/2C14H31S/c2*1-5-9-10-14(8-4)13-15(11-6-2)12-7-3/h2*14H,5-13H2,1-4H3. The lowest BCUT2D eigenvalue weighted by Crippen LogP contribution is -2.09. The van der Waals surface area contributed by atoms with Crippen LogP contribution in [0.4, 0.5) is 0 Å². The molecule has 186 valence electrons. The highest BCUT2D eigenvalue weighted by molar-refractivity contribution is 8.17. The zero-order valence-corrected chi connectivity index (χ0v) is 24.3. The second-order valence-electron chi connectivity index (χ2n) is 9.21. The van der Waals surface area contributed by atoms with Gasteiger partial charge in [0.2, 0.25) is 0 Å². The van der Waals surface area contributed by atoms with Crippen molar-refractivity contribution in [3.8, 4) is 0 Å². The van der Waals surface area contributed by atoms with Crippen molar-refractivity contribution in [3.05, 3.63) is 0 Å². The Morgan fingerprint density at radius 2 is 0.733 bits per heavy atom. The first-order chi connectivity index (χ1) is 14.6. The van der Waals surface area contributed by atoms with Crippen LogP contribution in [-0.2, 0) is 0 Å². The van der Waals surface area contributed by atoms with Gasteiger partial charge in [-0.05, 0) is 84.9 Å². The summed E-state index contributed by atoms with van der Waals surface area (Å²) in [5.74, 6) is 11.0. The summed E-state index contributed by atoms with van der Waals surface area (Å²) in [6, 6.07) is 0. The zero-order chi connectivity index (χ0) is 23.0. The van der Waals surface area contributed by atoms with Crippen LogP contribution in [0.15, 0.2) is 0 Å². The molecule has 2 unspecified atom stereocenters. The van der Waals surface area contributed by atoms with Gasteiger partial charge < -0.3 is 0 Å². The van der Waals surface area contributed by atoms with Crippen molar-refractivity contribution in [1.82, 2.24) is 0 Å². The summed E-state index contributed by atoms with van der Waals surface area (Å²) in [6.45, 7) is 18.7. The monoisotopic (exact) mass is 462 g/mol. The van der Waals surface area contributed by atoms with Crippen LogP contribution in [0, 0.1) is 11.8 Å². The van der Waals surface area contributed by atoms with Crippen molar-refractivity contribution in [1.29, 1.82) is 0 Å². The maximum Gasteiger partial charge on any atom is -0.0127 e. The molecule has 0 aliphatic heterocycles. The Bertz CT molecular complexity index is 263. The van der Waals surface area contributed by atoms with E-state index in [1.54, 1.807) is 0 Å². The predicted octanol–water partition coefficient (Wildman–Crippen LogP) is 10.6. The number of hydrogen-bond donors (Lipinski definition) is 0. The van der Waals surface area contributed by atoms with Crippen molar-refractivity contribution in [2.24, 2.45) is 11.8 Å². The van der Waals surface area contributed by atoms with Crippen molar-refractivity contribution < 1.29 is 0 Å². The largest absolute Gasteiger partial charge is 0.209 e. The fraction of sp³-hybridized carbons (Fsp3) is 1.00. The second kappa shape index (κ2) is 26.0. The first-order valence-electron chi connectivity index (χ1n) is 13.8. The lowest BCUT2D eigenvalue weighted by atomic mass is 10.0. The Balaban J connectivity index is 0. The summed E-state index contributed by atoms with van der Waals surface area (Å²) in [4.78, 5) is 0. The number of hydrogen-bond acceptors (Lipinski definition) is 0. The molecule has 0 nitrogen and oxygen atoms in total. The van der Waals surface area contributed by atoms with Crippen LogP contribution in [0.1, 0.15) is 132 Å². The van der Waals surface area contributed by atoms with E-state index in [4.69, 9.17) is 0 Å². The molecular weight excluding hydrogens is 400 g/mol. The van der Waals surface area contributed by atoms with E-state index >= 15 is 0 Å². The molecule has 0 fully saturated rings. The first kappa shape index (κ1) is 32.9. The van der Waals surface area contributed by atoms with Crippen molar-refractivity contribution in [3.63, 3.8) is 0 Å². The fourth-order valence-corrected chi connectivity index (χ4v) is 9.68. The summed E-state index contributed by atoms with van der Waals surface area (Å²) in [6.07, 6.45) is 16.9. The number of rotatable bonds is 20. The Morgan fingerprint density at radius 3 is 0.933 bits per heavy atom. The third-order valence-corrected chi connectivity index (χ3v) is 11.8. The van der Waals surface area contributed by atoms with Gasteiger partial charge in [0.05, 0.1) is 0 Å². The van der Waals surface area contributed by atoms with Crippen molar-refractivity contribution in [2.75, 3.05) is 34.5 Å². The van der Waals surface area contributed by atoms with E-state index in [0.717, 1.165) is 33.6 Å². The topological polar surface area (TPSA) is 0 Å². The van der Waals surface area contributed by atoms with Crippen molar-refractivity contribution in [2.45, 2.75) is 132 Å². The highest BCUT2D eigenvalue weighted by Gasteiger charge is 2.12. The van der Waals surface area contributed by atoms with Crippen LogP contribution < -0.4 is 0 Å². The first-order valence-corrected chi connectivity index (χ1v) is 17.3. The molecule has 0 heterocycles. The minimum absolute atomic E-state index is 0.742. The lowest BCUT2D eigenvalue weighted by molar-refractivity contribution is 0.498. The van der Waals surface area contributed by atoms with E-state index in [1.165, 1.54) is 112 Å². The van der Waals surface area contributed by atoms with Crippen LogP contribution in [0.3, 0.4) is 0 Å². The van der Waals surface area contributed by atoms with Crippen LogP contribution in [0.5, 0.6) is 0 Å². The van der Waals surface area contributed by atoms with Gasteiger partial charge in [-0.3, -0.25) is 0 Å². The summed E-state index contributed by atoms with van der Waals surface area (Å²) < 4.78 is 0. The van der Waals surface area contributed by atoms with Crippen LogP contribution in [0.25, 0.3) is 0 Å². The number of unbranched alkanes of at least 4 members (excludes halogenated alkanes) is 2. The summed E-state index contributed by atoms with van der Waals surface area (Å²) >= 11 is 0. The van der Waals surface area contributed by atoms with Gasteiger partial charge >= 0.3 is 0 Å². The third-order valence-electron chi connectivity index (χ3n) is 6.00. The van der Waals surface area contributed by atoms with E-state index in [1.807, 2.05) is 0 Å². The zero-order valence-electron chi connectivity index (χ0n) is 22.7. The molecule has 0 bridgehead atoms. The summed E-state index contributed by atoms with van der Waals surface area (Å²) in [5, 5.41) is 0. The molecule has 0 aromatic rings. The van der Waals surface area contributed by atoms with Gasteiger partial charge in [0.25, 0.3) is 0 Å². The quantitative estimate of drug-likeness (QED) is 0.169.